The van der Waals surface area contributed by atoms with Crippen molar-refractivity contribution >= 4 is 44.3 Å². The van der Waals surface area contributed by atoms with E-state index in [9.17, 15) is 14.7 Å². The fourth-order valence-electron chi connectivity index (χ4n) is 3.99. The van der Waals surface area contributed by atoms with Gasteiger partial charge in [0.2, 0.25) is 5.78 Å². The quantitative estimate of drug-likeness (QED) is 0.373. The number of aromatic nitrogens is 1. The van der Waals surface area contributed by atoms with Gasteiger partial charge in [0.1, 0.15) is 5.58 Å². The monoisotopic (exact) mass is 488 g/mol. The van der Waals surface area contributed by atoms with E-state index in [2.05, 4.69) is 20.9 Å². The Morgan fingerprint density at radius 2 is 1.97 bits per heavy atom. The summed E-state index contributed by atoms with van der Waals surface area (Å²) in [5.74, 6) is -1.74. The molecule has 1 N–H and O–H groups in total. The molecule has 0 spiro atoms. The highest BCUT2D eigenvalue weighted by Gasteiger charge is 2.45. The number of ketones is 1. The van der Waals surface area contributed by atoms with Gasteiger partial charge in [0.15, 0.2) is 11.5 Å². The van der Waals surface area contributed by atoms with E-state index in [1.54, 1.807) is 42.7 Å². The summed E-state index contributed by atoms with van der Waals surface area (Å²) < 4.78 is 6.61. The van der Waals surface area contributed by atoms with Crippen molar-refractivity contribution in [3.63, 3.8) is 0 Å². The van der Waals surface area contributed by atoms with Crippen LogP contribution in [0.1, 0.15) is 27.7 Å². The van der Waals surface area contributed by atoms with E-state index in [0.29, 0.717) is 16.8 Å². The van der Waals surface area contributed by atoms with Gasteiger partial charge < -0.3 is 9.52 Å². The van der Waals surface area contributed by atoms with Crippen molar-refractivity contribution in [3.8, 4) is 0 Å². The lowest BCUT2D eigenvalue weighted by Gasteiger charge is -2.26. The number of fused-ring (bicyclic) bond motifs is 1. The summed E-state index contributed by atoms with van der Waals surface area (Å²) in [5, 5.41) is 11.6. The molecule has 0 saturated carbocycles. The summed E-state index contributed by atoms with van der Waals surface area (Å²) in [6.07, 6.45) is 3.20. The van der Waals surface area contributed by atoms with E-state index in [4.69, 9.17) is 4.42 Å². The molecule has 1 amide bonds. The maximum atomic E-state index is 13.6. The SMILES string of the molecule is Cc1cccc(N2C(=O)C(O)=C(C(=O)c3cc4cc(Br)ccc4o3)C2c2cccnc2)c1. The van der Waals surface area contributed by atoms with E-state index >= 15 is 0 Å². The molecule has 0 bridgehead atoms. The molecule has 7 heteroatoms. The Morgan fingerprint density at radius 3 is 2.72 bits per heavy atom. The summed E-state index contributed by atoms with van der Waals surface area (Å²) in [6, 6.07) is 17.0. The maximum absolute atomic E-state index is 13.6. The van der Waals surface area contributed by atoms with Gasteiger partial charge in [-0.1, -0.05) is 34.1 Å². The number of rotatable bonds is 4. The van der Waals surface area contributed by atoms with Crippen LogP contribution >= 0.6 is 15.9 Å². The highest BCUT2D eigenvalue weighted by molar-refractivity contribution is 9.10. The summed E-state index contributed by atoms with van der Waals surface area (Å²) >= 11 is 3.41. The number of carbonyl (C=O) groups excluding carboxylic acids is 2. The molecule has 3 heterocycles. The van der Waals surface area contributed by atoms with Crippen LogP contribution in [0.4, 0.5) is 5.69 Å². The Kier molecular flexibility index (Phi) is 4.90. The van der Waals surface area contributed by atoms with Crippen LogP contribution in [0.15, 0.2) is 93.3 Å². The minimum Gasteiger partial charge on any atom is -0.503 e. The first kappa shape index (κ1) is 20.2. The predicted octanol–water partition coefficient (Wildman–Crippen LogP) is 5.68. The third-order valence-electron chi connectivity index (χ3n) is 5.43. The van der Waals surface area contributed by atoms with Gasteiger partial charge in [0, 0.05) is 27.9 Å². The third kappa shape index (κ3) is 3.31. The highest BCUT2D eigenvalue weighted by Crippen LogP contribution is 2.42. The predicted molar refractivity (Wildman–Crippen MR) is 124 cm³/mol. The first-order valence-corrected chi connectivity index (χ1v) is 10.7. The Balaban J connectivity index is 1.66. The molecule has 0 radical (unpaired) electrons. The van der Waals surface area contributed by atoms with Gasteiger partial charge >= 0.3 is 0 Å². The zero-order chi connectivity index (χ0) is 22.4. The fraction of sp³-hybridized carbons (Fsp3) is 0.0800. The Labute approximate surface area is 191 Å². The van der Waals surface area contributed by atoms with Crippen molar-refractivity contribution in [2.45, 2.75) is 13.0 Å². The smallest absolute Gasteiger partial charge is 0.294 e. The normalized spacial score (nSPS) is 16.2. The number of amides is 1. The molecule has 1 atom stereocenters. The summed E-state index contributed by atoms with van der Waals surface area (Å²) in [4.78, 5) is 32.3. The van der Waals surface area contributed by atoms with Crippen molar-refractivity contribution in [2.75, 3.05) is 4.90 Å². The Morgan fingerprint density at radius 1 is 1.12 bits per heavy atom. The van der Waals surface area contributed by atoms with E-state index < -0.39 is 23.5 Å². The molecule has 0 saturated heterocycles. The number of pyridine rings is 1. The van der Waals surface area contributed by atoms with Gasteiger partial charge in [-0.3, -0.25) is 19.5 Å². The number of anilines is 1. The van der Waals surface area contributed by atoms with Crippen molar-refractivity contribution in [1.29, 1.82) is 0 Å². The van der Waals surface area contributed by atoms with Crippen molar-refractivity contribution in [1.82, 2.24) is 4.98 Å². The molecule has 0 fully saturated rings. The second-order valence-corrected chi connectivity index (χ2v) is 8.50. The van der Waals surface area contributed by atoms with E-state index in [1.165, 1.54) is 4.90 Å². The molecule has 32 heavy (non-hydrogen) atoms. The zero-order valence-electron chi connectivity index (χ0n) is 16.9. The standard InChI is InChI=1S/C25H17BrN2O4/c1-14-4-2-6-18(10-14)28-22(15-5-3-9-27-13-15)21(24(30)25(28)31)23(29)20-12-16-11-17(26)7-8-19(16)32-20/h2-13,22,30H,1H3. The number of furan rings is 1. The van der Waals surface area contributed by atoms with Gasteiger partial charge in [0.25, 0.3) is 5.91 Å². The summed E-state index contributed by atoms with van der Waals surface area (Å²) in [7, 11) is 0. The number of hydrogen-bond donors (Lipinski definition) is 1. The largest absolute Gasteiger partial charge is 0.503 e. The number of benzene rings is 2. The van der Waals surface area contributed by atoms with Gasteiger partial charge in [0.05, 0.1) is 11.6 Å². The third-order valence-corrected chi connectivity index (χ3v) is 5.93. The molecule has 1 aliphatic heterocycles. The maximum Gasteiger partial charge on any atom is 0.294 e. The molecule has 1 aliphatic rings. The lowest BCUT2D eigenvalue weighted by molar-refractivity contribution is -0.117. The van der Waals surface area contributed by atoms with Crippen molar-refractivity contribution < 1.29 is 19.1 Å². The highest BCUT2D eigenvalue weighted by atomic mass is 79.9. The van der Waals surface area contributed by atoms with Crippen molar-refractivity contribution in [2.24, 2.45) is 0 Å². The molecular weight excluding hydrogens is 472 g/mol. The van der Waals surface area contributed by atoms with Gasteiger partial charge in [-0.15, -0.1) is 0 Å². The van der Waals surface area contributed by atoms with Crippen LogP contribution in [-0.2, 0) is 4.79 Å². The second-order valence-electron chi connectivity index (χ2n) is 7.59. The number of carbonyl (C=O) groups is 2. The molecule has 6 nitrogen and oxygen atoms in total. The minimum absolute atomic E-state index is 0.0392. The van der Waals surface area contributed by atoms with E-state index in [0.717, 1.165) is 15.4 Å². The first-order valence-electron chi connectivity index (χ1n) is 9.91. The van der Waals surface area contributed by atoms with Crippen LogP contribution < -0.4 is 4.90 Å². The van der Waals surface area contributed by atoms with Crippen LogP contribution in [0.5, 0.6) is 0 Å². The Bertz CT molecular complexity index is 1410. The summed E-state index contributed by atoms with van der Waals surface area (Å²) in [6.45, 7) is 1.91. The van der Waals surface area contributed by atoms with E-state index in [1.807, 2.05) is 37.3 Å². The number of hydrogen-bond acceptors (Lipinski definition) is 5. The molecule has 158 valence electrons. The summed E-state index contributed by atoms with van der Waals surface area (Å²) in [5.41, 5.74) is 2.62. The average molecular weight is 489 g/mol. The first-order chi connectivity index (χ1) is 15.4. The number of aliphatic hydroxyl groups is 1. The molecule has 4 aromatic rings. The molecular formula is C25H17BrN2O4. The van der Waals surface area contributed by atoms with Crippen molar-refractivity contribution in [3.05, 3.63) is 106 Å². The fourth-order valence-corrected chi connectivity index (χ4v) is 4.37. The number of Topliss-reactive ketones (excluding diaryl/α,β-unsaturated/α-hetero) is 1. The molecule has 5 rings (SSSR count). The number of nitrogens with zero attached hydrogens (tertiary/aromatic N) is 2. The molecule has 2 aromatic carbocycles. The van der Waals surface area contributed by atoms with Gasteiger partial charge in [-0.25, -0.2) is 0 Å². The number of aryl methyl sites for hydroxylation is 1. The number of aliphatic hydroxyl groups excluding tert-OH is 1. The second kappa shape index (κ2) is 7.76. The van der Waals surface area contributed by atoms with E-state index in [-0.39, 0.29) is 11.3 Å². The van der Waals surface area contributed by atoms with Gasteiger partial charge in [-0.2, -0.15) is 0 Å². The topological polar surface area (TPSA) is 83.6 Å². The van der Waals surface area contributed by atoms with Crippen LogP contribution in [0.25, 0.3) is 11.0 Å². The van der Waals surface area contributed by atoms with Crippen LogP contribution in [-0.4, -0.2) is 21.8 Å². The lowest BCUT2D eigenvalue weighted by atomic mass is 9.95. The van der Waals surface area contributed by atoms with Crippen LogP contribution in [0, 0.1) is 6.92 Å². The molecule has 0 aliphatic carbocycles. The Hall–Kier alpha value is -3.71. The molecule has 2 aromatic heterocycles. The van der Waals surface area contributed by atoms with Gasteiger partial charge in [-0.05, 0) is 60.5 Å². The zero-order valence-corrected chi connectivity index (χ0v) is 18.5. The number of halogens is 1. The van der Waals surface area contributed by atoms with Crippen LogP contribution in [0.2, 0.25) is 0 Å². The molecule has 1 unspecified atom stereocenters. The lowest BCUT2D eigenvalue weighted by Crippen LogP contribution is -2.31. The average Bonchev–Trinajstić information content (AvgIpc) is 3.32. The minimum atomic E-state index is -0.842. The van der Waals surface area contributed by atoms with Crippen LogP contribution in [0.3, 0.4) is 0 Å².